The molecule has 6 nitrogen and oxygen atoms in total. The van der Waals surface area contributed by atoms with E-state index in [0.717, 1.165) is 29.7 Å². The molecule has 4 rings (SSSR count). The number of carbonyl (C=O) groups is 2. The summed E-state index contributed by atoms with van der Waals surface area (Å²) in [6.07, 6.45) is 2.69. The molecular weight excluding hydrogens is 352 g/mol. The molecule has 0 spiro atoms. The average Bonchev–Trinajstić information content (AvgIpc) is 3.00. The van der Waals surface area contributed by atoms with Crippen molar-refractivity contribution in [1.29, 1.82) is 0 Å². The number of aromatic nitrogens is 1. The zero-order chi connectivity index (χ0) is 18.1. The first-order valence-corrected chi connectivity index (χ1v) is 9.08. The van der Waals surface area contributed by atoms with Gasteiger partial charge < -0.3 is 14.7 Å². The summed E-state index contributed by atoms with van der Waals surface area (Å²) in [4.78, 5) is 30.0. The molecule has 0 unspecified atom stereocenters. The summed E-state index contributed by atoms with van der Waals surface area (Å²) < 4.78 is 6.77. The lowest BCUT2D eigenvalue weighted by molar-refractivity contribution is -0.136. The highest BCUT2D eigenvalue weighted by molar-refractivity contribution is 7.21. The molecule has 3 aromatic rings. The Bertz CT molecular complexity index is 977. The van der Waals surface area contributed by atoms with Crippen LogP contribution in [0.4, 0.5) is 0 Å². The van der Waals surface area contributed by atoms with E-state index in [4.69, 9.17) is 9.84 Å². The summed E-state index contributed by atoms with van der Waals surface area (Å²) in [7, 11) is 0. The molecule has 2 aromatic heterocycles. The molecule has 26 heavy (non-hydrogen) atoms. The maximum Gasteiger partial charge on any atom is 0.307 e. The monoisotopic (exact) mass is 368 g/mol. The molecule has 0 radical (unpaired) electrons. The number of ether oxygens (including phenoxy) is 1. The number of hydrogen-bond donors (Lipinski definition) is 1. The zero-order valence-corrected chi connectivity index (χ0v) is 14.7. The Morgan fingerprint density at radius 3 is 2.62 bits per heavy atom. The molecule has 1 aliphatic rings. The van der Waals surface area contributed by atoms with Crippen LogP contribution in [0.3, 0.4) is 0 Å². The van der Waals surface area contributed by atoms with Gasteiger partial charge in [0.15, 0.2) is 0 Å². The van der Waals surface area contributed by atoms with Crippen LogP contribution in [0.1, 0.15) is 21.7 Å². The number of carbonyl (C=O) groups excluding carboxylic acids is 1. The fraction of sp³-hybridized carbons (Fsp3) is 0.211. The van der Waals surface area contributed by atoms with Crippen LogP contribution in [0.5, 0.6) is 11.5 Å². The predicted molar refractivity (Wildman–Crippen MR) is 98.0 cm³/mol. The first-order chi connectivity index (χ1) is 12.6. The van der Waals surface area contributed by atoms with Crippen molar-refractivity contribution in [2.45, 2.75) is 12.8 Å². The second kappa shape index (κ2) is 6.76. The molecule has 1 aromatic carbocycles. The number of aliphatic carboxylic acids is 1. The second-order valence-electron chi connectivity index (χ2n) is 6.10. The minimum Gasteiger partial charge on any atom is -0.481 e. The number of likely N-dealkylation sites (tertiary alicyclic amines) is 1. The fourth-order valence-corrected chi connectivity index (χ4v) is 3.79. The van der Waals surface area contributed by atoms with E-state index in [1.807, 2.05) is 11.0 Å². The standard InChI is InChI=1S/C19H16N2O4S/c22-17(23)10-12-2-4-13(5-3-12)25-15-6-7-20-14-11-16(26-18(14)15)19(24)21-8-1-9-21/h2-7,11H,1,8-10H2,(H,22,23). The summed E-state index contributed by atoms with van der Waals surface area (Å²) in [5.74, 6) is 0.417. The van der Waals surface area contributed by atoms with E-state index >= 15 is 0 Å². The summed E-state index contributed by atoms with van der Waals surface area (Å²) in [5.41, 5.74) is 1.45. The number of hydrogen-bond acceptors (Lipinski definition) is 5. The van der Waals surface area contributed by atoms with Crippen molar-refractivity contribution in [3.05, 3.63) is 53.0 Å². The van der Waals surface area contributed by atoms with Gasteiger partial charge in [-0.05, 0) is 30.2 Å². The molecule has 0 saturated carbocycles. The molecule has 1 N–H and O–H groups in total. The van der Waals surface area contributed by atoms with Crippen molar-refractivity contribution in [3.63, 3.8) is 0 Å². The number of amides is 1. The van der Waals surface area contributed by atoms with Crippen molar-refractivity contribution in [2.24, 2.45) is 0 Å². The number of benzene rings is 1. The molecule has 0 atom stereocenters. The highest BCUT2D eigenvalue weighted by atomic mass is 32.1. The van der Waals surface area contributed by atoms with Gasteiger partial charge in [-0.25, -0.2) is 0 Å². The molecule has 1 fully saturated rings. The van der Waals surface area contributed by atoms with E-state index in [1.54, 1.807) is 36.5 Å². The van der Waals surface area contributed by atoms with Crippen LogP contribution in [-0.2, 0) is 11.2 Å². The summed E-state index contributed by atoms with van der Waals surface area (Å²) >= 11 is 1.38. The van der Waals surface area contributed by atoms with Gasteiger partial charge in [0.2, 0.25) is 0 Å². The highest BCUT2D eigenvalue weighted by Crippen LogP contribution is 2.35. The maximum atomic E-state index is 12.4. The lowest BCUT2D eigenvalue weighted by Crippen LogP contribution is -2.41. The third-order valence-corrected chi connectivity index (χ3v) is 5.36. The second-order valence-corrected chi connectivity index (χ2v) is 7.15. The van der Waals surface area contributed by atoms with Crippen LogP contribution >= 0.6 is 11.3 Å². The number of pyridine rings is 1. The van der Waals surface area contributed by atoms with Gasteiger partial charge in [-0.2, -0.15) is 0 Å². The van der Waals surface area contributed by atoms with Gasteiger partial charge in [0.25, 0.3) is 5.91 Å². The van der Waals surface area contributed by atoms with E-state index in [2.05, 4.69) is 4.98 Å². The van der Waals surface area contributed by atoms with Crippen molar-refractivity contribution in [1.82, 2.24) is 9.88 Å². The van der Waals surface area contributed by atoms with Crippen LogP contribution in [-0.4, -0.2) is 40.0 Å². The number of nitrogens with zero attached hydrogens (tertiary/aromatic N) is 2. The van der Waals surface area contributed by atoms with Crippen LogP contribution < -0.4 is 4.74 Å². The van der Waals surface area contributed by atoms with Gasteiger partial charge in [0, 0.05) is 25.4 Å². The van der Waals surface area contributed by atoms with Crippen LogP contribution in [0.2, 0.25) is 0 Å². The van der Waals surface area contributed by atoms with Crippen molar-refractivity contribution in [2.75, 3.05) is 13.1 Å². The Kier molecular flexibility index (Phi) is 4.30. The zero-order valence-electron chi connectivity index (χ0n) is 13.8. The fourth-order valence-electron chi connectivity index (χ4n) is 2.75. The number of fused-ring (bicyclic) bond motifs is 1. The Labute approximate surface area is 153 Å². The van der Waals surface area contributed by atoms with Gasteiger partial charge in [-0.15, -0.1) is 11.3 Å². The summed E-state index contributed by atoms with van der Waals surface area (Å²) in [6, 6.07) is 10.5. The highest BCUT2D eigenvalue weighted by Gasteiger charge is 2.24. The smallest absolute Gasteiger partial charge is 0.307 e. The van der Waals surface area contributed by atoms with Crippen LogP contribution in [0.15, 0.2) is 42.6 Å². The molecule has 0 aliphatic carbocycles. The minimum atomic E-state index is -0.868. The molecule has 1 amide bonds. The SMILES string of the molecule is O=C(O)Cc1ccc(Oc2ccnc3cc(C(=O)N4CCC4)sc23)cc1. The lowest BCUT2D eigenvalue weighted by atomic mass is 10.1. The van der Waals surface area contributed by atoms with E-state index in [0.29, 0.717) is 21.9 Å². The molecule has 132 valence electrons. The van der Waals surface area contributed by atoms with Crippen molar-refractivity contribution < 1.29 is 19.4 Å². The Hall–Kier alpha value is -2.93. The number of carboxylic acid groups (broad SMARTS) is 1. The maximum absolute atomic E-state index is 12.4. The third kappa shape index (κ3) is 3.25. The number of carboxylic acids is 1. The van der Waals surface area contributed by atoms with Gasteiger partial charge in [-0.3, -0.25) is 14.6 Å². The van der Waals surface area contributed by atoms with Crippen molar-refractivity contribution >= 4 is 33.4 Å². The van der Waals surface area contributed by atoms with Crippen LogP contribution in [0, 0.1) is 0 Å². The number of thiophene rings is 1. The van der Waals surface area contributed by atoms with Crippen molar-refractivity contribution in [3.8, 4) is 11.5 Å². The number of rotatable bonds is 5. The molecule has 7 heteroatoms. The molecule has 1 aliphatic heterocycles. The summed E-state index contributed by atoms with van der Waals surface area (Å²) in [6.45, 7) is 1.62. The Morgan fingerprint density at radius 1 is 1.19 bits per heavy atom. The first kappa shape index (κ1) is 16.5. The Balaban J connectivity index is 1.59. The first-order valence-electron chi connectivity index (χ1n) is 8.26. The normalized spacial score (nSPS) is 13.5. The molecular formula is C19H16N2O4S. The van der Waals surface area contributed by atoms with E-state index < -0.39 is 5.97 Å². The average molecular weight is 368 g/mol. The molecule has 1 saturated heterocycles. The topological polar surface area (TPSA) is 79.7 Å². The van der Waals surface area contributed by atoms with Crippen LogP contribution in [0.25, 0.3) is 10.2 Å². The lowest BCUT2D eigenvalue weighted by Gasteiger charge is -2.30. The van der Waals surface area contributed by atoms with E-state index in [-0.39, 0.29) is 12.3 Å². The molecule has 3 heterocycles. The van der Waals surface area contributed by atoms with Gasteiger partial charge in [0.05, 0.1) is 21.5 Å². The van der Waals surface area contributed by atoms with Gasteiger partial charge in [-0.1, -0.05) is 12.1 Å². The molecule has 0 bridgehead atoms. The van der Waals surface area contributed by atoms with E-state index in [1.165, 1.54) is 11.3 Å². The quantitative estimate of drug-likeness (QED) is 0.745. The van der Waals surface area contributed by atoms with E-state index in [9.17, 15) is 9.59 Å². The Morgan fingerprint density at radius 2 is 1.96 bits per heavy atom. The van der Waals surface area contributed by atoms with Gasteiger partial charge in [0.1, 0.15) is 11.5 Å². The predicted octanol–water partition coefficient (Wildman–Crippen LogP) is 3.56. The largest absolute Gasteiger partial charge is 0.481 e. The van der Waals surface area contributed by atoms with Gasteiger partial charge >= 0.3 is 5.97 Å². The minimum absolute atomic E-state index is 0.0212. The third-order valence-electron chi connectivity index (χ3n) is 4.24. The summed E-state index contributed by atoms with van der Waals surface area (Å²) in [5, 5.41) is 8.83.